The van der Waals surface area contributed by atoms with Gasteiger partial charge in [0.1, 0.15) is 17.7 Å². The average molecular weight is 435 g/mol. The third-order valence-corrected chi connectivity index (χ3v) is 6.42. The zero-order valence-electron chi connectivity index (χ0n) is 16.6. The van der Waals surface area contributed by atoms with E-state index in [1.807, 2.05) is 41.8 Å². The lowest BCUT2D eigenvalue weighted by molar-refractivity contribution is -0.140. The Morgan fingerprint density at radius 2 is 1.93 bits per heavy atom. The fourth-order valence-electron chi connectivity index (χ4n) is 3.73. The smallest absolute Gasteiger partial charge is 0.248 e. The topological polar surface area (TPSA) is 58.6 Å². The van der Waals surface area contributed by atoms with E-state index in [1.165, 1.54) is 17.8 Å². The van der Waals surface area contributed by atoms with Crippen LogP contribution in [0.15, 0.2) is 41.8 Å². The number of carbonyl (C=O) groups is 2. The first-order valence-corrected chi connectivity index (χ1v) is 11.4. The zero-order chi connectivity index (χ0) is 20.6. The summed E-state index contributed by atoms with van der Waals surface area (Å²) in [4.78, 5) is 28.5. The molecule has 0 spiro atoms. The summed E-state index contributed by atoms with van der Waals surface area (Å²) in [5, 5.41) is 5.11. The first kappa shape index (κ1) is 21.7. The number of thiophene rings is 1. The number of hydrogen-bond donors (Lipinski definition) is 1. The Kier molecular flexibility index (Phi) is 7.95. The second kappa shape index (κ2) is 10.6. The average Bonchev–Trinajstić information content (AvgIpc) is 3.28. The molecule has 29 heavy (non-hydrogen) atoms. The van der Waals surface area contributed by atoms with Gasteiger partial charge in [0.05, 0.1) is 7.11 Å². The normalized spacial score (nSPS) is 15.5. The van der Waals surface area contributed by atoms with Gasteiger partial charge in [-0.2, -0.15) is 0 Å². The summed E-state index contributed by atoms with van der Waals surface area (Å²) >= 11 is 7.40. The largest absolute Gasteiger partial charge is 0.497 e. The molecule has 0 bridgehead atoms. The molecule has 1 heterocycles. The molecule has 1 aliphatic rings. The van der Waals surface area contributed by atoms with E-state index in [4.69, 9.17) is 16.3 Å². The van der Waals surface area contributed by atoms with E-state index in [0.717, 1.165) is 41.9 Å². The SMILES string of the molecule is COc1ccc(CN(C(=O)CCl)[C@@H](C(=O)NC2CCCCC2)c2cccs2)cc1. The second-order valence-electron chi connectivity index (χ2n) is 7.26. The third kappa shape index (κ3) is 5.73. The Morgan fingerprint density at radius 3 is 2.52 bits per heavy atom. The van der Waals surface area contributed by atoms with Gasteiger partial charge >= 0.3 is 0 Å². The lowest BCUT2D eigenvalue weighted by atomic mass is 9.95. The van der Waals surface area contributed by atoms with Crippen LogP contribution >= 0.6 is 22.9 Å². The van der Waals surface area contributed by atoms with Crippen molar-refractivity contribution < 1.29 is 14.3 Å². The van der Waals surface area contributed by atoms with Gasteiger partial charge in [-0.1, -0.05) is 37.5 Å². The van der Waals surface area contributed by atoms with Gasteiger partial charge in [0.15, 0.2) is 0 Å². The summed E-state index contributed by atoms with van der Waals surface area (Å²) in [7, 11) is 1.61. The van der Waals surface area contributed by atoms with Crippen molar-refractivity contribution >= 4 is 34.8 Å². The van der Waals surface area contributed by atoms with Crippen LogP contribution in [0.3, 0.4) is 0 Å². The van der Waals surface area contributed by atoms with Crippen LogP contribution in [0.25, 0.3) is 0 Å². The number of ether oxygens (including phenoxy) is 1. The van der Waals surface area contributed by atoms with Crippen molar-refractivity contribution in [2.45, 2.75) is 50.7 Å². The second-order valence-corrected chi connectivity index (χ2v) is 8.51. The highest BCUT2D eigenvalue weighted by Gasteiger charge is 2.33. The predicted molar refractivity (Wildman–Crippen MR) is 116 cm³/mol. The Labute approximate surface area is 181 Å². The number of methoxy groups -OCH3 is 1. The molecule has 1 atom stereocenters. The summed E-state index contributed by atoms with van der Waals surface area (Å²) in [5.74, 6) is 0.175. The summed E-state index contributed by atoms with van der Waals surface area (Å²) in [6.07, 6.45) is 5.46. The molecule has 1 N–H and O–H groups in total. The maximum absolute atomic E-state index is 13.3. The molecule has 3 rings (SSSR count). The number of benzene rings is 1. The van der Waals surface area contributed by atoms with Crippen molar-refractivity contribution in [3.05, 3.63) is 52.2 Å². The fraction of sp³-hybridized carbons (Fsp3) is 0.455. The van der Waals surface area contributed by atoms with E-state index in [1.54, 1.807) is 12.0 Å². The summed E-state index contributed by atoms with van der Waals surface area (Å²) in [6, 6.07) is 10.8. The minimum Gasteiger partial charge on any atom is -0.497 e. The van der Waals surface area contributed by atoms with Gasteiger partial charge in [-0.15, -0.1) is 22.9 Å². The van der Waals surface area contributed by atoms with Crippen LogP contribution in [0.5, 0.6) is 5.75 Å². The monoisotopic (exact) mass is 434 g/mol. The van der Waals surface area contributed by atoms with Gasteiger partial charge in [-0.3, -0.25) is 9.59 Å². The lowest BCUT2D eigenvalue weighted by Gasteiger charge is -2.32. The number of alkyl halides is 1. The van der Waals surface area contributed by atoms with Crippen molar-refractivity contribution in [2.75, 3.05) is 13.0 Å². The van der Waals surface area contributed by atoms with E-state index in [-0.39, 0.29) is 23.7 Å². The minimum atomic E-state index is -0.690. The van der Waals surface area contributed by atoms with Crippen molar-refractivity contribution in [2.24, 2.45) is 0 Å². The Hall–Kier alpha value is -2.05. The molecule has 156 valence electrons. The fourth-order valence-corrected chi connectivity index (χ4v) is 4.71. The van der Waals surface area contributed by atoms with Crippen molar-refractivity contribution in [3.8, 4) is 5.75 Å². The number of nitrogens with zero attached hydrogens (tertiary/aromatic N) is 1. The van der Waals surface area contributed by atoms with Gasteiger partial charge < -0.3 is 15.0 Å². The maximum Gasteiger partial charge on any atom is 0.248 e. The standard InChI is InChI=1S/C22H27ClN2O3S/c1-28-18-11-9-16(10-12-18)15-25(20(26)14-23)21(19-8-5-13-29-19)22(27)24-17-6-3-2-4-7-17/h5,8-13,17,21H,2-4,6-7,14-15H2,1H3,(H,24,27)/t21-/m1/s1. The maximum atomic E-state index is 13.3. The molecule has 0 radical (unpaired) electrons. The van der Waals surface area contributed by atoms with Crippen LogP contribution in [-0.2, 0) is 16.1 Å². The van der Waals surface area contributed by atoms with E-state index >= 15 is 0 Å². The molecule has 7 heteroatoms. The van der Waals surface area contributed by atoms with E-state index < -0.39 is 6.04 Å². The molecule has 0 aliphatic heterocycles. The van der Waals surface area contributed by atoms with Gasteiger partial charge in [-0.25, -0.2) is 0 Å². The number of rotatable bonds is 8. The number of nitrogens with one attached hydrogen (secondary N) is 1. The highest BCUT2D eigenvalue weighted by Crippen LogP contribution is 2.29. The van der Waals surface area contributed by atoms with Crippen molar-refractivity contribution in [3.63, 3.8) is 0 Å². The zero-order valence-corrected chi connectivity index (χ0v) is 18.2. The van der Waals surface area contributed by atoms with Crippen LogP contribution in [0.2, 0.25) is 0 Å². The Balaban J connectivity index is 1.85. The Morgan fingerprint density at radius 1 is 1.21 bits per heavy atom. The molecule has 1 aromatic carbocycles. The molecule has 2 amide bonds. The van der Waals surface area contributed by atoms with Gasteiger partial charge in [0, 0.05) is 17.5 Å². The molecule has 2 aromatic rings. The van der Waals surface area contributed by atoms with E-state index in [0.29, 0.717) is 6.54 Å². The van der Waals surface area contributed by atoms with Crippen LogP contribution in [-0.4, -0.2) is 35.7 Å². The molecule has 1 saturated carbocycles. The molecule has 1 aliphatic carbocycles. The third-order valence-electron chi connectivity index (χ3n) is 5.27. The van der Waals surface area contributed by atoms with Crippen molar-refractivity contribution in [1.82, 2.24) is 10.2 Å². The van der Waals surface area contributed by atoms with Crippen LogP contribution < -0.4 is 10.1 Å². The van der Waals surface area contributed by atoms with Gasteiger partial charge in [0.2, 0.25) is 11.8 Å². The summed E-state index contributed by atoms with van der Waals surface area (Å²) < 4.78 is 5.21. The molecule has 0 saturated heterocycles. The number of hydrogen-bond acceptors (Lipinski definition) is 4. The quantitative estimate of drug-likeness (QED) is 0.621. The first-order valence-electron chi connectivity index (χ1n) is 9.94. The molecule has 1 fully saturated rings. The molecular weight excluding hydrogens is 408 g/mol. The minimum absolute atomic E-state index is 0.133. The highest BCUT2D eigenvalue weighted by molar-refractivity contribution is 7.10. The van der Waals surface area contributed by atoms with Crippen LogP contribution in [0.1, 0.15) is 48.6 Å². The number of halogens is 1. The number of carbonyl (C=O) groups excluding carboxylic acids is 2. The number of amides is 2. The van der Waals surface area contributed by atoms with E-state index in [9.17, 15) is 9.59 Å². The lowest BCUT2D eigenvalue weighted by Crippen LogP contribution is -2.47. The van der Waals surface area contributed by atoms with Gasteiger partial charge in [0.25, 0.3) is 0 Å². The van der Waals surface area contributed by atoms with Crippen LogP contribution in [0, 0.1) is 0 Å². The first-order chi connectivity index (χ1) is 14.1. The van der Waals surface area contributed by atoms with E-state index in [2.05, 4.69) is 5.32 Å². The molecule has 5 nitrogen and oxygen atoms in total. The van der Waals surface area contributed by atoms with Crippen molar-refractivity contribution in [1.29, 1.82) is 0 Å². The molecule has 1 aromatic heterocycles. The Bertz CT molecular complexity index is 789. The van der Waals surface area contributed by atoms with Crippen LogP contribution in [0.4, 0.5) is 0 Å². The molecule has 0 unspecified atom stereocenters. The predicted octanol–water partition coefficient (Wildman–Crippen LogP) is 4.51. The van der Waals surface area contributed by atoms with Gasteiger partial charge in [-0.05, 0) is 42.0 Å². The molecular formula is C22H27ClN2O3S. The summed E-state index contributed by atoms with van der Waals surface area (Å²) in [5.41, 5.74) is 0.913. The highest BCUT2D eigenvalue weighted by atomic mass is 35.5. The summed E-state index contributed by atoms with van der Waals surface area (Å²) in [6.45, 7) is 0.302.